The molecule has 1 atom stereocenters. The van der Waals surface area contributed by atoms with Crippen molar-refractivity contribution in [1.82, 2.24) is 0 Å². The summed E-state index contributed by atoms with van der Waals surface area (Å²) in [7, 11) is 0. The van der Waals surface area contributed by atoms with Gasteiger partial charge in [0.15, 0.2) is 5.43 Å². The number of nitrogens with zero attached hydrogens (tertiary/aromatic N) is 1. The summed E-state index contributed by atoms with van der Waals surface area (Å²) < 4.78 is 6.07. The van der Waals surface area contributed by atoms with E-state index in [-0.39, 0.29) is 17.1 Å². The van der Waals surface area contributed by atoms with Crippen LogP contribution in [0.2, 0.25) is 0 Å². The van der Waals surface area contributed by atoms with Crippen molar-refractivity contribution in [3.8, 4) is 0 Å². The number of fused-ring (bicyclic) bond motifs is 3. The third-order valence-corrected chi connectivity index (χ3v) is 5.15. The highest BCUT2D eigenvalue weighted by molar-refractivity contribution is 6.08. The van der Waals surface area contributed by atoms with E-state index in [9.17, 15) is 15.2 Å². The van der Waals surface area contributed by atoms with Gasteiger partial charge in [-0.3, -0.25) is 4.79 Å². The van der Waals surface area contributed by atoms with Gasteiger partial charge >= 0.3 is 0 Å². The first kappa shape index (κ1) is 16.3. The maximum absolute atomic E-state index is 13.1. The maximum atomic E-state index is 13.1. The third-order valence-electron chi connectivity index (χ3n) is 5.15. The van der Waals surface area contributed by atoms with Gasteiger partial charge in [0.05, 0.1) is 10.6 Å². The van der Waals surface area contributed by atoms with E-state index in [0.29, 0.717) is 27.2 Å². The van der Waals surface area contributed by atoms with Crippen LogP contribution in [0.3, 0.4) is 0 Å². The summed E-state index contributed by atoms with van der Waals surface area (Å²) in [4.78, 5) is 12.7. The van der Waals surface area contributed by atoms with Crippen LogP contribution >= 0.6 is 0 Å². The largest absolute Gasteiger partial charge is 0.612 e. The standard InChI is InChI=1S/C23H14NO4/c25-22-17-8-4-5-9-21(17)28-23-16-11-10-15(24(26)27)12-19(16)18(13-20(22)23)14-6-2-1-3-7-14/h1-13,18H/q-1. The van der Waals surface area contributed by atoms with Gasteiger partial charge in [0.2, 0.25) is 5.71 Å². The fourth-order valence-electron chi connectivity index (χ4n) is 3.83. The molecule has 0 saturated carbocycles. The Hall–Kier alpha value is -3.86. The van der Waals surface area contributed by atoms with Crippen molar-refractivity contribution in [1.29, 1.82) is 0 Å². The van der Waals surface area contributed by atoms with Crippen LogP contribution in [0.4, 0.5) is 0 Å². The highest BCUT2D eigenvalue weighted by Gasteiger charge is 2.27. The lowest BCUT2D eigenvalue weighted by Gasteiger charge is -2.24. The fraction of sp³-hybridized carbons (Fsp3) is 0.0435. The molecule has 0 N–H and O–H groups in total. The van der Waals surface area contributed by atoms with E-state index in [2.05, 4.69) is 0 Å². The van der Waals surface area contributed by atoms with Crippen LogP contribution in [0.1, 0.15) is 11.5 Å². The molecule has 2 aliphatic carbocycles. The Morgan fingerprint density at radius 3 is 2.46 bits per heavy atom. The molecule has 0 spiro atoms. The topological polar surface area (TPSA) is 79.3 Å². The second-order valence-electron chi connectivity index (χ2n) is 6.75. The Morgan fingerprint density at radius 2 is 1.68 bits per heavy atom. The van der Waals surface area contributed by atoms with Crippen LogP contribution in [0, 0.1) is 10.4 Å². The molecule has 0 fully saturated rings. The number of hydrogen-bond donors (Lipinski definition) is 0. The van der Waals surface area contributed by atoms with E-state index >= 15 is 0 Å². The van der Waals surface area contributed by atoms with Gasteiger partial charge in [0.25, 0.3) is 0 Å². The molecule has 136 valence electrons. The van der Waals surface area contributed by atoms with E-state index in [0.717, 1.165) is 11.1 Å². The molecule has 5 rings (SSSR count). The van der Waals surface area contributed by atoms with Crippen molar-refractivity contribution in [3.05, 3.63) is 115 Å². The lowest BCUT2D eigenvalue weighted by atomic mass is 9.80. The molecule has 0 amide bonds. The second kappa shape index (κ2) is 6.09. The number of rotatable bonds is 1. The fourth-order valence-corrected chi connectivity index (χ4v) is 3.83. The average molecular weight is 368 g/mol. The highest BCUT2D eigenvalue weighted by atomic mass is 16.8. The van der Waals surface area contributed by atoms with Crippen molar-refractivity contribution < 1.29 is 9.32 Å². The van der Waals surface area contributed by atoms with Crippen LogP contribution in [-0.4, -0.2) is 10.6 Å². The zero-order valence-corrected chi connectivity index (χ0v) is 14.7. The zero-order chi connectivity index (χ0) is 19.3. The van der Waals surface area contributed by atoms with Gasteiger partial charge in [-0.2, -0.15) is 4.90 Å². The third kappa shape index (κ3) is 2.41. The molecular weight excluding hydrogens is 354 g/mol. The molecule has 5 nitrogen and oxygen atoms in total. The normalized spacial score (nSPS) is 17.6. The van der Waals surface area contributed by atoms with E-state index < -0.39 is 4.90 Å². The highest BCUT2D eigenvalue weighted by Crippen LogP contribution is 2.35. The molecule has 5 heteroatoms. The molecule has 3 aromatic rings. The zero-order valence-electron chi connectivity index (χ0n) is 14.7. The maximum Gasteiger partial charge on any atom is 0.223 e. The summed E-state index contributed by atoms with van der Waals surface area (Å²) in [5.41, 5.74) is 3.30. The van der Waals surface area contributed by atoms with Crippen molar-refractivity contribution >= 4 is 28.3 Å². The molecule has 1 aromatic heterocycles. The first-order valence-corrected chi connectivity index (χ1v) is 8.88. The summed E-state index contributed by atoms with van der Waals surface area (Å²) in [6.07, 6.45) is 6.55. The van der Waals surface area contributed by atoms with E-state index in [1.807, 2.05) is 42.5 Å². The van der Waals surface area contributed by atoms with Gasteiger partial charge in [-0.05, 0) is 29.3 Å². The predicted molar refractivity (Wildman–Crippen MR) is 108 cm³/mol. The first-order chi connectivity index (χ1) is 13.6. The lowest BCUT2D eigenvalue weighted by molar-refractivity contribution is -0.377. The molecule has 2 aliphatic rings. The number of allylic oxidation sites excluding steroid dienone is 4. The van der Waals surface area contributed by atoms with Gasteiger partial charge in [-0.1, -0.05) is 48.5 Å². The van der Waals surface area contributed by atoms with Gasteiger partial charge < -0.3 is 14.8 Å². The van der Waals surface area contributed by atoms with Gasteiger partial charge in [-0.15, -0.1) is 0 Å². The minimum absolute atomic E-state index is 0.0136. The van der Waals surface area contributed by atoms with Crippen LogP contribution in [0.15, 0.2) is 87.6 Å². The van der Waals surface area contributed by atoms with Crippen molar-refractivity contribution in [2.45, 2.75) is 5.92 Å². The van der Waals surface area contributed by atoms with Crippen LogP contribution < -0.4 is 16.1 Å². The average Bonchev–Trinajstić information content (AvgIpc) is 2.74. The second-order valence-corrected chi connectivity index (χ2v) is 6.75. The summed E-state index contributed by atoms with van der Waals surface area (Å²) in [6.45, 7) is 0. The van der Waals surface area contributed by atoms with Gasteiger partial charge in [-0.25, -0.2) is 0 Å². The summed E-state index contributed by atoms with van der Waals surface area (Å²) in [6, 6.07) is 16.8. The number of benzene rings is 2. The van der Waals surface area contributed by atoms with Gasteiger partial charge in [0.1, 0.15) is 11.0 Å². The Balaban J connectivity index is 1.93. The summed E-state index contributed by atoms with van der Waals surface area (Å²) >= 11 is 0. The SMILES string of the molecule is O=c1c2c(oc3ccccc13)=C1C=CC(=[N+]([O-])[O-])C=C1C(c1ccccc1)C=2. The lowest BCUT2D eigenvalue weighted by Crippen LogP contribution is -2.43. The Labute approximate surface area is 159 Å². The van der Waals surface area contributed by atoms with E-state index in [4.69, 9.17) is 4.42 Å². The number of para-hydroxylation sites is 1. The quantitative estimate of drug-likeness (QED) is 0.488. The molecule has 2 aromatic carbocycles. The summed E-state index contributed by atoms with van der Waals surface area (Å²) in [5, 5.41) is 23.7. The Bertz CT molecular complexity index is 1390. The molecule has 0 radical (unpaired) electrons. The Morgan fingerprint density at radius 1 is 0.929 bits per heavy atom. The molecular formula is C23H14NO4-. The van der Waals surface area contributed by atoms with Crippen molar-refractivity contribution in [2.75, 3.05) is 0 Å². The molecule has 1 unspecified atom stereocenters. The first-order valence-electron chi connectivity index (χ1n) is 8.88. The molecule has 1 heterocycles. The Kier molecular flexibility index (Phi) is 3.55. The molecule has 0 bridgehead atoms. The monoisotopic (exact) mass is 368 g/mol. The van der Waals surface area contributed by atoms with Crippen molar-refractivity contribution in [2.24, 2.45) is 0 Å². The van der Waals surface area contributed by atoms with Crippen LogP contribution in [-0.2, 0) is 0 Å². The van der Waals surface area contributed by atoms with Crippen molar-refractivity contribution in [3.63, 3.8) is 0 Å². The molecule has 0 saturated heterocycles. The van der Waals surface area contributed by atoms with Gasteiger partial charge in [0, 0.05) is 23.6 Å². The predicted octanol–water partition coefficient (Wildman–Crippen LogP) is 2.47. The van der Waals surface area contributed by atoms with Crippen LogP contribution in [0.5, 0.6) is 0 Å². The minimum atomic E-state index is -0.408. The smallest absolute Gasteiger partial charge is 0.223 e. The summed E-state index contributed by atoms with van der Waals surface area (Å²) in [5.74, 6) is -0.271. The molecule has 28 heavy (non-hydrogen) atoms. The van der Waals surface area contributed by atoms with E-state index in [1.165, 1.54) is 6.08 Å². The van der Waals surface area contributed by atoms with E-state index in [1.54, 1.807) is 30.4 Å². The molecule has 0 aliphatic heterocycles. The minimum Gasteiger partial charge on any atom is -0.612 e. The number of hydrogen-bond acceptors (Lipinski definition) is 4. The van der Waals surface area contributed by atoms with Crippen LogP contribution in [0.25, 0.3) is 22.6 Å².